The second-order valence-electron chi connectivity index (χ2n) is 8.13. The molecule has 170 valence electrons. The maximum Gasteiger partial charge on any atom is 0.151 e. The summed E-state index contributed by atoms with van der Waals surface area (Å²) >= 11 is 7.62. The van der Waals surface area contributed by atoms with Crippen molar-refractivity contribution < 1.29 is 4.74 Å². The van der Waals surface area contributed by atoms with Crippen molar-refractivity contribution in [3.63, 3.8) is 0 Å². The highest BCUT2D eigenvalue weighted by molar-refractivity contribution is 9.11. The molecule has 5 aromatic carbocycles. The lowest BCUT2D eigenvalue weighted by Crippen LogP contribution is -2.23. The van der Waals surface area contributed by atoms with Crippen molar-refractivity contribution in [2.24, 2.45) is 0 Å². The Labute approximate surface area is 223 Å². The maximum absolute atomic E-state index is 6.18. The van der Waals surface area contributed by atoms with Crippen LogP contribution in [0.5, 0.6) is 11.5 Å². The number of anilines is 3. The van der Waals surface area contributed by atoms with Gasteiger partial charge in [-0.15, -0.1) is 0 Å². The zero-order valence-corrected chi connectivity index (χ0v) is 22.7. The minimum Gasteiger partial charge on any atom is -0.453 e. The lowest BCUT2D eigenvalue weighted by Gasteiger charge is -2.33. The van der Waals surface area contributed by atoms with Gasteiger partial charge in [0.1, 0.15) is 0 Å². The Balaban J connectivity index is 1.47. The fraction of sp³-hybridized carbons (Fsp3) is 0. The second-order valence-corrected chi connectivity index (χ2v) is 12.0. The summed E-state index contributed by atoms with van der Waals surface area (Å²) in [5.41, 5.74) is 3.18. The quantitative estimate of drug-likeness (QED) is 0.188. The largest absolute Gasteiger partial charge is 0.453 e. The Hall–Kier alpha value is -2.91. The number of halogens is 2. The first kappa shape index (κ1) is 22.5. The lowest BCUT2D eigenvalue weighted by atomic mass is 10.1. The van der Waals surface area contributed by atoms with Crippen LogP contribution in [0.25, 0.3) is 0 Å². The van der Waals surface area contributed by atoms with E-state index in [0.29, 0.717) is 0 Å². The molecule has 1 heterocycles. The molecule has 0 spiro atoms. The van der Waals surface area contributed by atoms with E-state index >= 15 is 0 Å². The molecule has 0 bridgehead atoms. The molecule has 0 fully saturated rings. The van der Waals surface area contributed by atoms with Crippen LogP contribution in [-0.2, 0) is 0 Å². The second kappa shape index (κ2) is 9.62. The van der Waals surface area contributed by atoms with Crippen LogP contribution < -0.4 is 25.6 Å². The molecule has 0 aliphatic carbocycles. The molecule has 0 aromatic heterocycles. The topological polar surface area (TPSA) is 12.5 Å². The van der Waals surface area contributed by atoms with Gasteiger partial charge in [-0.05, 0) is 72.4 Å². The van der Waals surface area contributed by atoms with E-state index in [-0.39, 0.29) is 0 Å². The molecule has 0 N–H and O–H groups in total. The third-order valence-corrected chi connectivity index (χ3v) is 10.5. The van der Waals surface area contributed by atoms with Crippen molar-refractivity contribution in [3.05, 3.63) is 130 Å². The van der Waals surface area contributed by atoms with E-state index in [2.05, 4.69) is 134 Å². The summed E-state index contributed by atoms with van der Waals surface area (Å²) in [6.45, 7) is 0. The number of para-hydroxylation sites is 4. The fourth-order valence-electron chi connectivity index (χ4n) is 4.41. The normalized spacial score (nSPS) is 12.1. The zero-order valence-electron chi connectivity index (χ0n) is 18.6. The number of nitrogens with zero attached hydrogens (tertiary/aromatic N) is 1. The summed E-state index contributed by atoms with van der Waals surface area (Å²) in [5.74, 6) is 1.72. The molecule has 0 unspecified atom stereocenters. The predicted octanol–water partition coefficient (Wildman–Crippen LogP) is 8.55. The number of ether oxygens (including phenoxy) is 1. The van der Waals surface area contributed by atoms with Crippen LogP contribution in [0.15, 0.2) is 130 Å². The first-order chi connectivity index (χ1) is 17.2. The van der Waals surface area contributed by atoms with Crippen LogP contribution in [0.4, 0.5) is 17.1 Å². The van der Waals surface area contributed by atoms with Gasteiger partial charge in [-0.3, -0.25) is 0 Å². The first-order valence-electron chi connectivity index (χ1n) is 11.3. The van der Waals surface area contributed by atoms with Gasteiger partial charge < -0.3 is 9.64 Å². The molecule has 0 saturated carbocycles. The molecule has 35 heavy (non-hydrogen) atoms. The smallest absolute Gasteiger partial charge is 0.151 e. The van der Waals surface area contributed by atoms with E-state index in [9.17, 15) is 0 Å². The van der Waals surface area contributed by atoms with Crippen molar-refractivity contribution >= 4 is 72.8 Å². The number of hydrogen-bond donors (Lipinski definition) is 0. The van der Waals surface area contributed by atoms with Crippen molar-refractivity contribution in [2.75, 3.05) is 4.90 Å². The van der Waals surface area contributed by atoms with Crippen molar-refractivity contribution in [3.8, 4) is 11.5 Å². The van der Waals surface area contributed by atoms with Crippen LogP contribution in [0.1, 0.15) is 0 Å². The Morgan fingerprint density at radius 3 is 1.49 bits per heavy atom. The summed E-state index contributed by atoms with van der Waals surface area (Å²) in [6, 6.07) is 42.4. The van der Waals surface area contributed by atoms with Crippen LogP contribution >= 0.6 is 39.8 Å². The van der Waals surface area contributed by atoms with Crippen LogP contribution in [-0.4, -0.2) is 0 Å². The molecular weight excluding hydrogens is 581 g/mol. The minimum absolute atomic E-state index is 0.760. The minimum atomic E-state index is -0.760. The Kier molecular flexibility index (Phi) is 6.20. The molecule has 6 rings (SSSR count). The third-order valence-electron chi connectivity index (χ3n) is 5.99. The molecule has 0 saturated heterocycles. The molecule has 1 aliphatic heterocycles. The Bertz CT molecular complexity index is 1430. The van der Waals surface area contributed by atoms with E-state index in [0.717, 1.165) is 37.5 Å². The highest BCUT2D eigenvalue weighted by Gasteiger charge is 2.26. The van der Waals surface area contributed by atoms with Crippen LogP contribution in [0.3, 0.4) is 0 Å². The molecule has 5 aromatic rings. The third kappa shape index (κ3) is 4.21. The Morgan fingerprint density at radius 2 is 0.971 bits per heavy atom. The Morgan fingerprint density at radius 1 is 0.514 bits per heavy atom. The average molecular weight is 601 g/mol. The van der Waals surface area contributed by atoms with Crippen LogP contribution in [0, 0.1) is 0 Å². The van der Waals surface area contributed by atoms with Crippen molar-refractivity contribution in [2.45, 2.75) is 0 Å². The zero-order chi connectivity index (χ0) is 23.8. The molecule has 5 heteroatoms. The van der Waals surface area contributed by atoms with Gasteiger partial charge in [0.25, 0.3) is 0 Å². The van der Waals surface area contributed by atoms with E-state index < -0.39 is 7.92 Å². The monoisotopic (exact) mass is 599 g/mol. The fourth-order valence-corrected chi connectivity index (χ4v) is 8.35. The van der Waals surface area contributed by atoms with E-state index in [4.69, 9.17) is 4.74 Å². The van der Waals surface area contributed by atoms with Crippen molar-refractivity contribution in [1.82, 2.24) is 0 Å². The highest BCUT2D eigenvalue weighted by atomic mass is 79.9. The molecule has 1 aliphatic rings. The van der Waals surface area contributed by atoms with Crippen LogP contribution in [0.2, 0.25) is 0 Å². The first-order valence-corrected chi connectivity index (χ1v) is 14.2. The maximum atomic E-state index is 6.18. The molecule has 0 radical (unpaired) electrons. The summed E-state index contributed by atoms with van der Waals surface area (Å²) in [6.07, 6.45) is 0. The predicted molar refractivity (Wildman–Crippen MR) is 155 cm³/mol. The summed E-state index contributed by atoms with van der Waals surface area (Å²) in [7, 11) is -0.760. The number of hydrogen-bond acceptors (Lipinski definition) is 2. The lowest BCUT2D eigenvalue weighted by molar-refractivity contribution is 0.477. The van der Waals surface area contributed by atoms with Gasteiger partial charge in [0, 0.05) is 14.6 Å². The van der Waals surface area contributed by atoms with E-state index in [1.54, 1.807) is 0 Å². The van der Waals surface area contributed by atoms with E-state index in [1.165, 1.54) is 15.9 Å². The van der Waals surface area contributed by atoms with Gasteiger partial charge >= 0.3 is 0 Å². The van der Waals surface area contributed by atoms with E-state index in [1.807, 2.05) is 24.3 Å². The molecule has 0 amide bonds. The number of benzene rings is 5. The molecular formula is C30H20Br2NOP. The summed E-state index contributed by atoms with van der Waals surface area (Å²) in [5, 5.41) is 3.88. The SMILES string of the molecule is Brc1ccccc1P(c1ccc(N2c3ccccc3Oc3ccccc32)cc1)c1ccccc1Br. The van der Waals surface area contributed by atoms with Gasteiger partial charge in [-0.2, -0.15) is 0 Å². The number of fused-ring (bicyclic) bond motifs is 2. The average Bonchev–Trinajstić information content (AvgIpc) is 2.90. The number of rotatable bonds is 4. The molecule has 0 atom stereocenters. The standard InChI is InChI=1S/C30H20Br2NOP/c31-23-9-1-7-15-29(23)35(30-16-8-2-10-24(30)32)22-19-17-21(18-20-22)33-25-11-3-5-13-27(25)34-28-14-6-4-12-26(28)33/h1-20H. The van der Waals surface area contributed by atoms with Gasteiger partial charge in [-0.25, -0.2) is 0 Å². The highest BCUT2D eigenvalue weighted by Crippen LogP contribution is 2.50. The summed E-state index contributed by atoms with van der Waals surface area (Å²) < 4.78 is 8.44. The van der Waals surface area contributed by atoms with Gasteiger partial charge in [0.05, 0.1) is 11.4 Å². The van der Waals surface area contributed by atoms with Gasteiger partial charge in [0.15, 0.2) is 11.5 Å². The molecule has 2 nitrogen and oxygen atoms in total. The van der Waals surface area contributed by atoms with Gasteiger partial charge in [-0.1, -0.05) is 105 Å². The summed E-state index contributed by atoms with van der Waals surface area (Å²) in [4.78, 5) is 2.27. The van der Waals surface area contributed by atoms with Crippen molar-refractivity contribution in [1.29, 1.82) is 0 Å². The van der Waals surface area contributed by atoms with Gasteiger partial charge in [0.2, 0.25) is 0 Å².